The first kappa shape index (κ1) is 12.1. The van der Waals surface area contributed by atoms with E-state index in [0.717, 1.165) is 30.3 Å². The zero-order chi connectivity index (χ0) is 13.2. The Kier molecular flexibility index (Phi) is 3.19. The molecular weight excluding hydrogens is 246 g/mol. The van der Waals surface area contributed by atoms with Gasteiger partial charge in [0.25, 0.3) is 0 Å². The van der Waals surface area contributed by atoms with Crippen LogP contribution in [-0.2, 0) is 4.79 Å². The molecule has 102 valence electrons. The van der Waals surface area contributed by atoms with E-state index in [0.29, 0.717) is 26.1 Å². The van der Waals surface area contributed by atoms with Crippen LogP contribution in [0.15, 0.2) is 18.2 Å². The highest BCUT2D eigenvalue weighted by Gasteiger charge is 2.25. The highest BCUT2D eigenvalue weighted by atomic mass is 16.6. The van der Waals surface area contributed by atoms with Crippen molar-refractivity contribution in [2.24, 2.45) is 5.92 Å². The van der Waals surface area contributed by atoms with Crippen molar-refractivity contribution in [1.82, 2.24) is 0 Å². The van der Waals surface area contributed by atoms with Gasteiger partial charge >= 0.3 is 5.97 Å². The molecule has 0 aromatic heterocycles. The number of carbonyl (C=O) groups is 1. The predicted octanol–water partition coefficient (Wildman–Crippen LogP) is 1.76. The van der Waals surface area contributed by atoms with Crippen molar-refractivity contribution in [2.45, 2.75) is 12.8 Å². The fourth-order valence-electron chi connectivity index (χ4n) is 2.61. The lowest BCUT2D eigenvalue weighted by atomic mass is 9.97. The van der Waals surface area contributed by atoms with Gasteiger partial charge in [-0.1, -0.05) is 0 Å². The molecule has 0 atom stereocenters. The van der Waals surface area contributed by atoms with Gasteiger partial charge in [-0.3, -0.25) is 4.79 Å². The van der Waals surface area contributed by atoms with Gasteiger partial charge in [0.2, 0.25) is 0 Å². The summed E-state index contributed by atoms with van der Waals surface area (Å²) in [6.07, 6.45) is 1.40. The van der Waals surface area contributed by atoms with Crippen LogP contribution in [0.1, 0.15) is 12.8 Å². The van der Waals surface area contributed by atoms with Crippen LogP contribution in [0.2, 0.25) is 0 Å². The van der Waals surface area contributed by atoms with Crippen LogP contribution in [0.25, 0.3) is 0 Å². The zero-order valence-electron chi connectivity index (χ0n) is 10.7. The Bertz CT molecular complexity index is 480. The second kappa shape index (κ2) is 4.99. The Balaban J connectivity index is 1.71. The van der Waals surface area contributed by atoms with Crippen molar-refractivity contribution >= 4 is 11.7 Å². The molecule has 0 amide bonds. The Labute approximate surface area is 111 Å². The van der Waals surface area contributed by atoms with E-state index in [4.69, 9.17) is 14.6 Å². The molecule has 0 unspecified atom stereocenters. The van der Waals surface area contributed by atoms with Gasteiger partial charge in [0, 0.05) is 24.8 Å². The van der Waals surface area contributed by atoms with E-state index in [-0.39, 0.29) is 5.92 Å². The molecule has 5 heteroatoms. The SMILES string of the molecule is O=C(O)C1CCN(c2ccc3c(c2)OCCO3)CC1. The molecule has 0 saturated carbocycles. The maximum Gasteiger partial charge on any atom is 0.306 e. The standard InChI is InChI=1S/C14H17NO4/c16-14(17)10-3-5-15(6-4-10)11-1-2-12-13(9-11)19-8-7-18-12/h1-2,9-10H,3-8H2,(H,16,17). The fraction of sp³-hybridized carbons (Fsp3) is 0.500. The third kappa shape index (κ3) is 2.45. The maximum absolute atomic E-state index is 10.9. The summed E-state index contributed by atoms with van der Waals surface area (Å²) < 4.78 is 11.1. The average Bonchev–Trinajstić information content (AvgIpc) is 2.47. The van der Waals surface area contributed by atoms with Crippen LogP contribution in [0.3, 0.4) is 0 Å². The van der Waals surface area contributed by atoms with E-state index >= 15 is 0 Å². The number of carboxylic acids is 1. The number of carboxylic acid groups (broad SMARTS) is 1. The largest absolute Gasteiger partial charge is 0.486 e. The van der Waals surface area contributed by atoms with E-state index in [1.54, 1.807) is 0 Å². The molecule has 1 saturated heterocycles. The molecule has 1 fully saturated rings. The minimum Gasteiger partial charge on any atom is -0.486 e. The Morgan fingerprint density at radius 1 is 1.16 bits per heavy atom. The van der Waals surface area contributed by atoms with Crippen molar-refractivity contribution in [3.05, 3.63) is 18.2 Å². The number of piperidine rings is 1. The molecule has 5 nitrogen and oxygen atoms in total. The van der Waals surface area contributed by atoms with Gasteiger partial charge in [0.1, 0.15) is 13.2 Å². The van der Waals surface area contributed by atoms with E-state index in [1.165, 1.54) is 0 Å². The molecule has 1 aromatic carbocycles. The lowest BCUT2D eigenvalue weighted by molar-refractivity contribution is -0.142. The van der Waals surface area contributed by atoms with Gasteiger partial charge in [-0.25, -0.2) is 0 Å². The number of fused-ring (bicyclic) bond motifs is 1. The number of rotatable bonds is 2. The third-order valence-corrected chi connectivity index (χ3v) is 3.74. The van der Waals surface area contributed by atoms with Crippen LogP contribution in [0.5, 0.6) is 11.5 Å². The quantitative estimate of drug-likeness (QED) is 0.881. The van der Waals surface area contributed by atoms with Crippen molar-refractivity contribution in [3.63, 3.8) is 0 Å². The molecule has 1 aromatic rings. The highest BCUT2D eigenvalue weighted by molar-refractivity contribution is 5.70. The zero-order valence-corrected chi connectivity index (χ0v) is 10.7. The minimum atomic E-state index is -0.679. The van der Waals surface area contributed by atoms with Crippen molar-refractivity contribution in [2.75, 3.05) is 31.2 Å². The number of ether oxygens (including phenoxy) is 2. The normalized spacial score (nSPS) is 19.3. The molecule has 19 heavy (non-hydrogen) atoms. The van der Waals surface area contributed by atoms with E-state index in [1.807, 2.05) is 18.2 Å². The van der Waals surface area contributed by atoms with Crippen LogP contribution >= 0.6 is 0 Å². The summed E-state index contributed by atoms with van der Waals surface area (Å²) in [6.45, 7) is 2.72. The Hall–Kier alpha value is -1.91. The summed E-state index contributed by atoms with van der Waals surface area (Å²) in [5.41, 5.74) is 1.08. The molecule has 0 bridgehead atoms. The van der Waals surface area contributed by atoms with E-state index < -0.39 is 5.97 Å². The third-order valence-electron chi connectivity index (χ3n) is 3.74. The number of hydrogen-bond donors (Lipinski definition) is 1. The summed E-state index contributed by atoms with van der Waals surface area (Å²) in [6, 6.07) is 5.91. The lowest BCUT2D eigenvalue weighted by Crippen LogP contribution is -2.36. The maximum atomic E-state index is 10.9. The highest BCUT2D eigenvalue weighted by Crippen LogP contribution is 2.35. The number of aliphatic carboxylic acids is 1. The molecular formula is C14H17NO4. The number of benzene rings is 1. The Morgan fingerprint density at radius 3 is 2.53 bits per heavy atom. The number of nitrogens with zero attached hydrogens (tertiary/aromatic N) is 1. The molecule has 3 rings (SSSR count). The Morgan fingerprint density at radius 2 is 1.84 bits per heavy atom. The fourth-order valence-corrected chi connectivity index (χ4v) is 2.61. The van der Waals surface area contributed by atoms with Gasteiger partial charge < -0.3 is 19.5 Å². The molecule has 0 aliphatic carbocycles. The average molecular weight is 263 g/mol. The molecule has 0 radical (unpaired) electrons. The summed E-state index contributed by atoms with van der Waals surface area (Å²) in [4.78, 5) is 13.1. The first-order valence-electron chi connectivity index (χ1n) is 6.61. The van der Waals surface area contributed by atoms with Crippen LogP contribution < -0.4 is 14.4 Å². The van der Waals surface area contributed by atoms with Crippen LogP contribution in [0.4, 0.5) is 5.69 Å². The van der Waals surface area contributed by atoms with Gasteiger partial charge in [-0.05, 0) is 25.0 Å². The number of hydrogen-bond acceptors (Lipinski definition) is 4. The lowest BCUT2D eigenvalue weighted by Gasteiger charge is -2.32. The van der Waals surface area contributed by atoms with Gasteiger partial charge in [-0.15, -0.1) is 0 Å². The molecule has 2 aliphatic heterocycles. The first-order valence-corrected chi connectivity index (χ1v) is 6.61. The van der Waals surface area contributed by atoms with Crippen LogP contribution in [-0.4, -0.2) is 37.4 Å². The summed E-state index contributed by atoms with van der Waals surface area (Å²) in [5.74, 6) is 0.690. The molecule has 2 aliphatic rings. The first-order chi connectivity index (χ1) is 9.24. The van der Waals surface area contributed by atoms with Gasteiger partial charge in [0.15, 0.2) is 11.5 Å². The predicted molar refractivity (Wildman–Crippen MR) is 70.0 cm³/mol. The second-order valence-electron chi connectivity index (χ2n) is 4.93. The van der Waals surface area contributed by atoms with Crippen molar-refractivity contribution < 1.29 is 19.4 Å². The summed E-state index contributed by atoms with van der Waals surface area (Å²) in [5, 5.41) is 9.00. The molecule has 2 heterocycles. The number of anilines is 1. The minimum absolute atomic E-state index is 0.200. The smallest absolute Gasteiger partial charge is 0.306 e. The van der Waals surface area contributed by atoms with E-state index in [9.17, 15) is 4.79 Å². The molecule has 1 N–H and O–H groups in total. The second-order valence-corrected chi connectivity index (χ2v) is 4.93. The summed E-state index contributed by atoms with van der Waals surface area (Å²) in [7, 11) is 0. The summed E-state index contributed by atoms with van der Waals surface area (Å²) >= 11 is 0. The van der Waals surface area contributed by atoms with Crippen molar-refractivity contribution in [3.8, 4) is 11.5 Å². The topological polar surface area (TPSA) is 59.0 Å². The molecule has 0 spiro atoms. The van der Waals surface area contributed by atoms with Crippen LogP contribution in [0, 0.1) is 5.92 Å². The van der Waals surface area contributed by atoms with Gasteiger partial charge in [0.05, 0.1) is 5.92 Å². The van der Waals surface area contributed by atoms with E-state index in [2.05, 4.69) is 4.90 Å². The van der Waals surface area contributed by atoms with Gasteiger partial charge in [-0.2, -0.15) is 0 Å². The van der Waals surface area contributed by atoms with Crippen molar-refractivity contribution in [1.29, 1.82) is 0 Å². The monoisotopic (exact) mass is 263 g/mol.